The van der Waals surface area contributed by atoms with Gasteiger partial charge in [0.05, 0.1) is 11.0 Å². The summed E-state index contributed by atoms with van der Waals surface area (Å²) in [5.41, 5.74) is 7.70. The van der Waals surface area contributed by atoms with Crippen LogP contribution in [0.25, 0.3) is 82.1 Å². The summed E-state index contributed by atoms with van der Waals surface area (Å²) in [6, 6.07) is 49.9. The van der Waals surface area contributed by atoms with Gasteiger partial charge in [-0.3, -0.25) is 0 Å². The van der Waals surface area contributed by atoms with Crippen LogP contribution in [0.5, 0.6) is 0 Å². The van der Waals surface area contributed by atoms with E-state index in [0.29, 0.717) is 0 Å². The molecule has 40 heavy (non-hydrogen) atoms. The van der Waals surface area contributed by atoms with E-state index in [4.69, 9.17) is 4.42 Å². The lowest BCUT2D eigenvalue weighted by Gasteiger charge is -2.12. The molecule has 9 aromatic rings. The van der Waals surface area contributed by atoms with Gasteiger partial charge >= 0.3 is 0 Å². The third kappa shape index (κ3) is 2.88. The SMILES string of the molecule is c1ccc(-c2ccc(-n3c4c5ccccc5ccc4c4c5ccccc5c5c6ccccc6oc5c43)cc2)cc1. The highest BCUT2D eigenvalue weighted by Crippen LogP contribution is 2.46. The van der Waals surface area contributed by atoms with Gasteiger partial charge in [0, 0.05) is 32.6 Å². The van der Waals surface area contributed by atoms with Crippen molar-refractivity contribution < 1.29 is 4.42 Å². The first-order chi connectivity index (χ1) is 19.9. The second-order valence-corrected chi connectivity index (χ2v) is 10.5. The van der Waals surface area contributed by atoms with Gasteiger partial charge in [-0.2, -0.15) is 0 Å². The molecule has 0 aliphatic carbocycles. The third-order valence-electron chi connectivity index (χ3n) is 8.36. The van der Waals surface area contributed by atoms with Gasteiger partial charge in [-0.25, -0.2) is 0 Å². The van der Waals surface area contributed by atoms with E-state index in [-0.39, 0.29) is 0 Å². The molecule has 0 N–H and O–H groups in total. The summed E-state index contributed by atoms with van der Waals surface area (Å²) in [5.74, 6) is 0. The highest BCUT2D eigenvalue weighted by molar-refractivity contribution is 6.36. The third-order valence-corrected chi connectivity index (χ3v) is 8.36. The average molecular weight is 510 g/mol. The Morgan fingerprint density at radius 1 is 0.400 bits per heavy atom. The van der Waals surface area contributed by atoms with Crippen molar-refractivity contribution in [1.29, 1.82) is 0 Å². The number of fused-ring (bicyclic) bond motifs is 12. The Bertz CT molecular complexity index is 2410. The van der Waals surface area contributed by atoms with Crippen molar-refractivity contribution in [3.05, 3.63) is 140 Å². The van der Waals surface area contributed by atoms with Crippen LogP contribution in [0.15, 0.2) is 144 Å². The van der Waals surface area contributed by atoms with Crippen molar-refractivity contribution >= 4 is 65.3 Å². The number of nitrogens with zero attached hydrogens (tertiary/aromatic N) is 1. The van der Waals surface area contributed by atoms with Crippen LogP contribution >= 0.6 is 0 Å². The highest BCUT2D eigenvalue weighted by atomic mass is 16.3. The molecule has 0 aliphatic heterocycles. The Morgan fingerprint density at radius 2 is 1.02 bits per heavy atom. The zero-order chi connectivity index (χ0) is 26.2. The molecular formula is C38H23NO. The molecular weight excluding hydrogens is 486 g/mol. The molecule has 0 unspecified atom stereocenters. The summed E-state index contributed by atoms with van der Waals surface area (Å²) in [4.78, 5) is 0. The molecule has 2 nitrogen and oxygen atoms in total. The lowest BCUT2D eigenvalue weighted by molar-refractivity contribution is 0.671. The smallest absolute Gasteiger partial charge is 0.160 e. The summed E-state index contributed by atoms with van der Waals surface area (Å²) in [6.07, 6.45) is 0. The van der Waals surface area contributed by atoms with Crippen molar-refractivity contribution in [2.24, 2.45) is 0 Å². The second kappa shape index (κ2) is 8.08. The summed E-state index contributed by atoms with van der Waals surface area (Å²) in [6.45, 7) is 0. The molecule has 0 atom stereocenters. The number of furan rings is 1. The topological polar surface area (TPSA) is 18.1 Å². The van der Waals surface area contributed by atoms with E-state index in [2.05, 4.69) is 144 Å². The Labute approximate surface area is 230 Å². The number of benzene rings is 7. The maximum absolute atomic E-state index is 6.75. The van der Waals surface area contributed by atoms with Crippen molar-refractivity contribution in [2.75, 3.05) is 0 Å². The first-order valence-electron chi connectivity index (χ1n) is 13.7. The van der Waals surface area contributed by atoms with Crippen LogP contribution in [0.2, 0.25) is 0 Å². The summed E-state index contributed by atoms with van der Waals surface area (Å²) >= 11 is 0. The zero-order valence-electron chi connectivity index (χ0n) is 21.6. The van der Waals surface area contributed by atoms with Crippen LogP contribution in [0.1, 0.15) is 0 Å². The standard InChI is InChI=1S/C38H23NO/c1-2-10-24(11-3-1)25-18-21-27(22-19-25)39-36-28-13-5-4-12-26(28)20-23-32(36)34-29-14-6-7-15-30(29)35-31-16-8-9-17-33(31)40-38(35)37(34)39/h1-23H. The monoisotopic (exact) mass is 509 g/mol. The van der Waals surface area contributed by atoms with E-state index in [1.807, 2.05) is 0 Å². The number of hydrogen-bond acceptors (Lipinski definition) is 1. The van der Waals surface area contributed by atoms with E-state index >= 15 is 0 Å². The fraction of sp³-hybridized carbons (Fsp3) is 0. The summed E-state index contributed by atoms with van der Waals surface area (Å²) in [7, 11) is 0. The Kier molecular flexibility index (Phi) is 4.36. The predicted molar refractivity (Wildman–Crippen MR) is 169 cm³/mol. The van der Waals surface area contributed by atoms with E-state index in [9.17, 15) is 0 Å². The van der Waals surface area contributed by atoms with Gasteiger partial charge in [-0.1, -0.05) is 121 Å². The minimum Gasteiger partial charge on any atom is -0.454 e. The summed E-state index contributed by atoms with van der Waals surface area (Å²) in [5, 5.41) is 9.72. The van der Waals surface area contributed by atoms with Crippen LogP contribution in [0.3, 0.4) is 0 Å². The molecule has 0 radical (unpaired) electrons. The molecule has 7 aromatic carbocycles. The number of rotatable bonds is 2. The van der Waals surface area contributed by atoms with E-state index in [1.165, 1.54) is 54.3 Å². The Balaban J connectivity index is 1.52. The first kappa shape index (κ1) is 21.6. The molecule has 0 amide bonds. The van der Waals surface area contributed by atoms with Gasteiger partial charge in [0.1, 0.15) is 5.58 Å². The minimum atomic E-state index is 0.913. The lowest BCUT2D eigenvalue weighted by atomic mass is 9.98. The Morgan fingerprint density at radius 3 is 1.82 bits per heavy atom. The van der Waals surface area contributed by atoms with Crippen molar-refractivity contribution in [2.45, 2.75) is 0 Å². The van der Waals surface area contributed by atoms with Gasteiger partial charge in [-0.05, 0) is 45.5 Å². The molecule has 0 saturated heterocycles. The van der Waals surface area contributed by atoms with E-state index < -0.39 is 0 Å². The van der Waals surface area contributed by atoms with Crippen LogP contribution in [-0.4, -0.2) is 4.57 Å². The fourth-order valence-electron chi connectivity index (χ4n) is 6.63. The van der Waals surface area contributed by atoms with E-state index in [0.717, 1.165) is 27.8 Å². The molecule has 2 heterocycles. The highest BCUT2D eigenvalue weighted by Gasteiger charge is 2.23. The molecule has 2 aromatic heterocycles. The number of hydrogen-bond donors (Lipinski definition) is 0. The molecule has 0 bridgehead atoms. The van der Waals surface area contributed by atoms with Crippen LogP contribution in [-0.2, 0) is 0 Å². The molecule has 0 fully saturated rings. The molecule has 2 heteroatoms. The molecule has 186 valence electrons. The van der Waals surface area contributed by atoms with E-state index in [1.54, 1.807) is 0 Å². The van der Waals surface area contributed by atoms with Crippen molar-refractivity contribution in [1.82, 2.24) is 4.57 Å². The maximum Gasteiger partial charge on any atom is 0.160 e. The van der Waals surface area contributed by atoms with Crippen molar-refractivity contribution in [3.63, 3.8) is 0 Å². The normalized spacial score (nSPS) is 12.0. The van der Waals surface area contributed by atoms with Gasteiger partial charge in [0.2, 0.25) is 0 Å². The molecule has 0 spiro atoms. The molecule has 9 rings (SSSR count). The van der Waals surface area contributed by atoms with Crippen LogP contribution in [0.4, 0.5) is 0 Å². The van der Waals surface area contributed by atoms with Gasteiger partial charge in [-0.15, -0.1) is 0 Å². The predicted octanol–water partition coefficient (Wildman–Crippen LogP) is 10.7. The average Bonchev–Trinajstić information content (AvgIpc) is 3.59. The summed E-state index contributed by atoms with van der Waals surface area (Å²) < 4.78 is 9.18. The van der Waals surface area contributed by atoms with Gasteiger partial charge in [0.15, 0.2) is 5.58 Å². The molecule has 0 saturated carbocycles. The lowest BCUT2D eigenvalue weighted by Crippen LogP contribution is -1.95. The molecule has 0 aliphatic rings. The fourth-order valence-corrected chi connectivity index (χ4v) is 6.63. The Hall–Kier alpha value is -5.34. The maximum atomic E-state index is 6.75. The second-order valence-electron chi connectivity index (χ2n) is 10.5. The zero-order valence-corrected chi connectivity index (χ0v) is 21.6. The first-order valence-corrected chi connectivity index (χ1v) is 13.7. The van der Waals surface area contributed by atoms with Crippen molar-refractivity contribution in [3.8, 4) is 16.8 Å². The number of aromatic nitrogens is 1. The number of para-hydroxylation sites is 1. The van der Waals surface area contributed by atoms with Gasteiger partial charge in [0.25, 0.3) is 0 Å². The largest absolute Gasteiger partial charge is 0.454 e. The van der Waals surface area contributed by atoms with Crippen LogP contribution < -0.4 is 0 Å². The van der Waals surface area contributed by atoms with Crippen LogP contribution in [0, 0.1) is 0 Å². The minimum absolute atomic E-state index is 0.913. The quantitative estimate of drug-likeness (QED) is 0.227. The van der Waals surface area contributed by atoms with Gasteiger partial charge < -0.3 is 8.98 Å².